The molecule has 0 aliphatic heterocycles. The zero-order chi connectivity index (χ0) is 18.8. The number of hydrogen-bond acceptors (Lipinski definition) is 4. The van der Waals surface area contributed by atoms with Crippen LogP contribution in [0, 0.1) is 20.8 Å². The number of carbonyl (C=O) groups excluding carboxylic acids is 1. The predicted octanol–water partition coefficient (Wildman–Crippen LogP) is 4.11. The summed E-state index contributed by atoms with van der Waals surface area (Å²) < 4.78 is 7.00. The second kappa shape index (κ2) is 7.17. The molecule has 0 saturated heterocycles. The van der Waals surface area contributed by atoms with Crippen LogP contribution in [0.3, 0.4) is 0 Å². The highest BCUT2D eigenvalue weighted by molar-refractivity contribution is 6.31. The predicted molar refractivity (Wildman–Crippen MR) is 102 cm³/mol. The first-order chi connectivity index (χ1) is 12.4. The molecule has 0 aliphatic carbocycles. The number of ether oxygens (including phenoxy) is 1. The summed E-state index contributed by atoms with van der Waals surface area (Å²) in [6.07, 6.45) is 0. The Bertz CT molecular complexity index is 982. The third-order valence-corrected chi connectivity index (χ3v) is 4.51. The maximum atomic E-state index is 12.6. The summed E-state index contributed by atoms with van der Waals surface area (Å²) in [7, 11) is 1.59. The van der Waals surface area contributed by atoms with Crippen molar-refractivity contribution in [1.82, 2.24) is 15.0 Å². The van der Waals surface area contributed by atoms with Crippen LogP contribution in [-0.2, 0) is 0 Å². The summed E-state index contributed by atoms with van der Waals surface area (Å²) in [5.74, 6) is 0.307. The number of hydrogen-bond donors (Lipinski definition) is 1. The average Bonchev–Trinajstić information content (AvgIpc) is 2.99. The number of methoxy groups -OCH3 is 1. The van der Waals surface area contributed by atoms with Gasteiger partial charge in [-0.3, -0.25) is 4.79 Å². The zero-order valence-corrected chi connectivity index (χ0v) is 15.8. The summed E-state index contributed by atoms with van der Waals surface area (Å²) >= 11 is 6.11. The molecule has 0 unspecified atom stereocenters. The number of amides is 1. The van der Waals surface area contributed by atoms with E-state index in [1.807, 2.05) is 38.1 Å². The average molecular weight is 371 g/mol. The van der Waals surface area contributed by atoms with Crippen LogP contribution in [0.4, 0.5) is 5.69 Å². The van der Waals surface area contributed by atoms with Gasteiger partial charge in [0.2, 0.25) is 0 Å². The fourth-order valence-corrected chi connectivity index (χ4v) is 2.77. The Labute approximate surface area is 156 Å². The van der Waals surface area contributed by atoms with Gasteiger partial charge in [0.15, 0.2) is 5.69 Å². The van der Waals surface area contributed by atoms with Crippen LogP contribution in [0.1, 0.15) is 27.3 Å². The molecule has 26 heavy (non-hydrogen) atoms. The number of benzene rings is 2. The molecule has 0 radical (unpaired) electrons. The van der Waals surface area contributed by atoms with Crippen LogP contribution in [0.15, 0.2) is 36.4 Å². The SMILES string of the molecule is COc1ccc(C)cc1-n1nnc(C(=O)Nc2ccc(C)c(Cl)c2)c1C. The van der Waals surface area contributed by atoms with Gasteiger partial charge in [0.05, 0.1) is 12.8 Å². The van der Waals surface area contributed by atoms with Crippen LogP contribution >= 0.6 is 11.6 Å². The highest BCUT2D eigenvalue weighted by Gasteiger charge is 2.19. The van der Waals surface area contributed by atoms with E-state index in [9.17, 15) is 4.79 Å². The summed E-state index contributed by atoms with van der Waals surface area (Å²) in [6.45, 7) is 5.67. The van der Waals surface area contributed by atoms with Crippen molar-refractivity contribution in [2.45, 2.75) is 20.8 Å². The first kappa shape index (κ1) is 17.9. The Morgan fingerprint density at radius 2 is 1.92 bits per heavy atom. The van der Waals surface area contributed by atoms with Crippen molar-refractivity contribution in [3.05, 3.63) is 63.9 Å². The van der Waals surface area contributed by atoms with Crippen molar-refractivity contribution in [3.63, 3.8) is 0 Å². The monoisotopic (exact) mass is 370 g/mol. The maximum Gasteiger partial charge on any atom is 0.278 e. The van der Waals surface area contributed by atoms with E-state index in [1.165, 1.54) is 0 Å². The molecule has 0 aliphatic rings. The minimum absolute atomic E-state index is 0.241. The van der Waals surface area contributed by atoms with Crippen molar-refractivity contribution in [3.8, 4) is 11.4 Å². The topological polar surface area (TPSA) is 69.0 Å². The van der Waals surface area contributed by atoms with Crippen molar-refractivity contribution in [2.24, 2.45) is 0 Å². The number of nitrogens with zero attached hydrogens (tertiary/aromatic N) is 3. The number of rotatable bonds is 4. The van der Waals surface area contributed by atoms with Crippen LogP contribution in [-0.4, -0.2) is 28.0 Å². The van der Waals surface area contributed by atoms with Crippen molar-refractivity contribution < 1.29 is 9.53 Å². The Balaban J connectivity index is 1.92. The fourth-order valence-electron chi connectivity index (χ4n) is 2.59. The van der Waals surface area contributed by atoms with E-state index in [0.717, 1.165) is 16.8 Å². The second-order valence-corrected chi connectivity index (χ2v) is 6.44. The molecule has 6 nitrogen and oxygen atoms in total. The Kier molecular flexibility index (Phi) is 4.95. The zero-order valence-electron chi connectivity index (χ0n) is 15.0. The first-order valence-corrected chi connectivity index (χ1v) is 8.43. The molecule has 3 rings (SSSR count). The molecule has 0 saturated carbocycles. The number of anilines is 1. The molecule has 1 heterocycles. The summed E-state index contributed by atoms with van der Waals surface area (Å²) in [4.78, 5) is 12.6. The number of carbonyl (C=O) groups is 1. The van der Waals surface area contributed by atoms with Crippen LogP contribution in [0.2, 0.25) is 5.02 Å². The van der Waals surface area contributed by atoms with E-state index in [4.69, 9.17) is 16.3 Å². The normalized spacial score (nSPS) is 10.7. The summed E-state index contributed by atoms with van der Waals surface area (Å²) in [5, 5.41) is 11.6. The lowest BCUT2D eigenvalue weighted by Crippen LogP contribution is -2.14. The van der Waals surface area contributed by atoms with Gasteiger partial charge in [-0.25, -0.2) is 4.68 Å². The van der Waals surface area contributed by atoms with E-state index in [2.05, 4.69) is 15.6 Å². The van der Waals surface area contributed by atoms with Crippen molar-refractivity contribution >= 4 is 23.2 Å². The first-order valence-electron chi connectivity index (χ1n) is 8.05. The van der Waals surface area contributed by atoms with Gasteiger partial charge in [-0.1, -0.05) is 28.9 Å². The number of aryl methyl sites for hydroxylation is 2. The molecule has 7 heteroatoms. The fraction of sp³-hybridized carbons (Fsp3) is 0.211. The van der Waals surface area contributed by atoms with Gasteiger partial charge in [-0.05, 0) is 56.2 Å². The molecular formula is C19H19ClN4O2. The number of nitrogens with one attached hydrogen (secondary N) is 1. The van der Waals surface area contributed by atoms with Gasteiger partial charge in [0.25, 0.3) is 5.91 Å². The molecule has 1 N–H and O–H groups in total. The quantitative estimate of drug-likeness (QED) is 0.750. The molecule has 134 valence electrons. The van der Waals surface area contributed by atoms with Crippen LogP contribution < -0.4 is 10.1 Å². The Hall–Kier alpha value is -2.86. The van der Waals surface area contributed by atoms with E-state index in [1.54, 1.807) is 30.8 Å². The van der Waals surface area contributed by atoms with Crippen molar-refractivity contribution in [1.29, 1.82) is 0 Å². The largest absolute Gasteiger partial charge is 0.494 e. The Morgan fingerprint density at radius 3 is 2.62 bits per heavy atom. The van der Waals surface area contributed by atoms with Crippen LogP contribution in [0.25, 0.3) is 5.69 Å². The van der Waals surface area contributed by atoms with Gasteiger partial charge in [0, 0.05) is 10.7 Å². The minimum atomic E-state index is -0.347. The molecule has 0 spiro atoms. The number of halogens is 1. The van der Waals surface area contributed by atoms with Gasteiger partial charge in [0.1, 0.15) is 11.4 Å². The molecule has 0 fully saturated rings. The van der Waals surface area contributed by atoms with Gasteiger partial charge in [-0.2, -0.15) is 0 Å². The molecule has 0 bridgehead atoms. The number of aromatic nitrogens is 3. The lowest BCUT2D eigenvalue weighted by molar-refractivity contribution is 0.102. The Morgan fingerprint density at radius 1 is 1.15 bits per heavy atom. The highest BCUT2D eigenvalue weighted by Crippen LogP contribution is 2.25. The van der Waals surface area contributed by atoms with E-state index in [0.29, 0.717) is 22.2 Å². The summed E-state index contributed by atoms with van der Waals surface area (Å²) in [5.41, 5.74) is 4.19. The van der Waals surface area contributed by atoms with Gasteiger partial charge in [-0.15, -0.1) is 5.10 Å². The van der Waals surface area contributed by atoms with Crippen molar-refractivity contribution in [2.75, 3.05) is 12.4 Å². The van der Waals surface area contributed by atoms with E-state index in [-0.39, 0.29) is 11.6 Å². The van der Waals surface area contributed by atoms with Gasteiger partial charge < -0.3 is 10.1 Å². The minimum Gasteiger partial charge on any atom is -0.494 e. The highest BCUT2D eigenvalue weighted by atomic mass is 35.5. The van der Waals surface area contributed by atoms with E-state index < -0.39 is 0 Å². The molecule has 3 aromatic rings. The molecular weight excluding hydrogens is 352 g/mol. The molecule has 1 aromatic heterocycles. The smallest absolute Gasteiger partial charge is 0.278 e. The maximum absolute atomic E-state index is 12.6. The van der Waals surface area contributed by atoms with E-state index >= 15 is 0 Å². The molecule has 1 amide bonds. The lowest BCUT2D eigenvalue weighted by Gasteiger charge is -2.10. The third kappa shape index (κ3) is 3.41. The van der Waals surface area contributed by atoms with Crippen LogP contribution in [0.5, 0.6) is 5.75 Å². The summed E-state index contributed by atoms with van der Waals surface area (Å²) in [6, 6.07) is 11.1. The lowest BCUT2D eigenvalue weighted by atomic mass is 10.2. The molecule has 2 aromatic carbocycles. The standard InChI is InChI=1S/C19H19ClN4O2/c1-11-5-8-17(26-4)16(9-11)24-13(3)18(22-23-24)19(25)21-14-7-6-12(2)15(20)10-14/h5-10H,1-4H3,(H,21,25). The molecule has 0 atom stereocenters. The van der Waals surface area contributed by atoms with Gasteiger partial charge >= 0.3 is 0 Å². The second-order valence-electron chi connectivity index (χ2n) is 6.03. The third-order valence-electron chi connectivity index (χ3n) is 4.10.